The van der Waals surface area contributed by atoms with E-state index in [-0.39, 0.29) is 0 Å². The molecule has 0 heterocycles. The molecule has 2 aliphatic carbocycles. The average molecular weight is 390 g/mol. The van der Waals surface area contributed by atoms with Gasteiger partial charge in [-0.2, -0.15) is 0 Å². The molecule has 0 saturated heterocycles. The summed E-state index contributed by atoms with van der Waals surface area (Å²) in [4.78, 5) is 0. The number of fused-ring (bicyclic) bond motifs is 2. The Kier molecular flexibility index (Phi) is 5.34. The molecule has 4 rings (SSSR count). The molecule has 1 heteroatoms. The van der Waals surface area contributed by atoms with Crippen LogP contribution in [0.25, 0.3) is 0 Å². The minimum atomic E-state index is 1.30. The van der Waals surface area contributed by atoms with Crippen LogP contribution in [-0.2, 0) is 25.7 Å². The first-order valence-electron chi connectivity index (χ1n) is 8.17. The topological polar surface area (TPSA) is 0 Å². The molecule has 0 atom stereocenters. The summed E-state index contributed by atoms with van der Waals surface area (Å²) >= 11 is 2.39. The SMILES string of the molecule is Ic1ccc2c(c1)CCCC2.c1ccc2c(c1)CCCC2. The van der Waals surface area contributed by atoms with Crippen LogP contribution in [-0.4, -0.2) is 0 Å². The van der Waals surface area contributed by atoms with Gasteiger partial charge in [0, 0.05) is 3.57 Å². The molecule has 2 aliphatic rings. The zero-order valence-corrected chi connectivity index (χ0v) is 14.7. The van der Waals surface area contributed by atoms with Crippen molar-refractivity contribution in [1.29, 1.82) is 0 Å². The summed E-state index contributed by atoms with van der Waals surface area (Å²) in [5.74, 6) is 0. The highest BCUT2D eigenvalue weighted by Crippen LogP contribution is 2.22. The molecule has 0 N–H and O–H groups in total. The van der Waals surface area contributed by atoms with Crippen molar-refractivity contribution in [2.45, 2.75) is 51.4 Å². The van der Waals surface area contributed by atoms with Gasteiger partial charge in [-0.3, -0.25) is 0 Å². The maximum Gasteiger partial charge on any atom is 0.0133 e. The second-order valence-electron chi connectivity index (χ2n) is 6.10. The van der Waals surface area contributed by atoms with E-state index in [0.29, 0.717) is 0 Å². The van der Waals surface area contributed by atoms with E-state index in [1.165, 1.54) is 54.9 Å². The second-order valence-corrected chi connectivity index (χ2v) is 7.34. The summed E-state index contributed by atoms with van der Waals surface area (Å²) in [5.41, 5.74) is 6.32. The fraction of sp³-hybridized carbons (Fsp3) is 0.400. The monoisotopic (exact) mass is 390 g/mol. The number of aryl methyl sites for hydroxylation is 4. The predicted molar refractivity (Wildman–Crippen MR) is 98.9 cm³/mol. The van der Waals surface area contributed by atoms with Gasteiger partial charge in [0.25, 0.3) is 0 Å². The normalized spacial score (nSPS) is 16.2. The smallest absolute Gasteiger partial charge is 0.0133 e. The Morgan fingerprint density at radius 1 is 0.571 bits per heavy atom. The van der Waals surface area contributed by atoms with Gasteiger partial charge in [0.15, 0.2) is 0 Å². The van der Waals surface area contributed by atoms with E-state index >= 15 is 0 Å². The molecule has 0 aliphatic heterocycles. The maximum absolute atomic E-state index is 2.39. The molecule has 110 valence electrons. The zero-order valence-electron chi connectivity index (χ0n) is 12.6. The summed E-state index contributed by atoms with van der Waals surface area (Å²) in [5, 5.41) is 0. The van der Waals surface area contributed by atoms with Crippen molar-refractivity contribution in [2.24, 2.45) is 0 Å². The molecule has 0 amide bonds. The Morgan fingerprint density at radius 3 is 1.62 bits per heavy atom. The lowest BCUT2D eigenvalue weighted by molar-refractivity contribution is 0.685. The van der Waals surface area contributed by atoms with Crippen molar-refractivity contribution in [1.82, 2.24) is 0 Å². The van der Waals surface area contributed by atoms with Crippen LogP contribution in [0.4, 0.5) is 0 Å². The van der Waals surface area contributed by atoms with E-state index in [1.54, 1.807) is 22.3 Å². The zero-order chi connectivity index (χ0) is 14.5. The van der Waals surface area contributed by atoms with Gasteiger partial charge in [-0.1, -0.05) is 30.3 Å². The minimum absolute atomic E-state index is 1.30. The molecular formula is C20H23I. The van der Waals surface area contributed by atoms with E-state index in [2.05, 4.69) is 65.1 Å². The van der Waals surface area contributed by atoms with E-state index in [4.69, 9.17) is 0 Å². The number of benzene rings is 2. The van der Waals surface area contributed by atoms with Gasteiger partial charge in [-0.25, -0.2) is 0 Å². The summed E-state index contributed by atoms with van der Waals surface area (Å²) in [7, 11) is 0. The van der Waals surface area contributed by atoms with Crippen LogP contribution in [0.3, 0.4) is 0 Å². The molecule has 2 aromatic carbocycles. The average Bonchev–Trinajstić information content (AvgIpc) is 2.55. The van der Waals surface area contributed by atoms with Gasteiger partial charge < -0.3 is 0 Å². The van der Waals surface area contributed by atoms with Crippen molar-refractivity contribution in [3.05, 3.63) is 68.3 Å². The van der Waals surface area contributed by atoms with Crippen molar-refractivity contribution >= 4 is 22.6 Å². The standard InChI is InChI=1S/C10H11I.C10H12/c11-10-6-5-8-3-1-2-4-9(8)7-10;1-2-6-10-8-4-3-7-9(10)5-1/h5-7H,1-4H2;1-2,5-6H,3-4,7-8H2. The van der Waals surface area contributed by atoms with Gasteiger partial charge in [-0.05, 0) is 108 Å². The maximum atomic E-state index is 2.39. The molecule has 0 unspecified atom stereocenters. The van der Waals surface area contributed by atoms with E-state index in [0.717, 1.165) is 0 Å². The molecule has 0 bridgehead atoms. The summed E-state index contributed by atoms with van der Waals surface area (Å²) in [6.07, 6.45) is 10.7. The third-order valence-corrected chi connectivity index (χ3v) is 5.24. The lowest BCUT2D eigenvalue weighted by atomic mass is 9.92. The first kappa shape index (κ1) is 15.1. The first-order valence-corrected chi connectivity index (χ1v) is 9.25. The summed E-state index contributed by atoms with van der Waals surface area (Å²) in [6.45, 7) is 0. The third kappa shape index (κ3) is 4.09. The van der Waals surface area contributed by atoms with Crippen molar-refractivity contribution in [3.63, 3.8) is 0 Å². The van der Waals surface area contributed by atoms with E-state index in [9.17, 15) is 0 Å². The fourth-order valence-electron chi connectivity index (χ4n) is 3.38. The molecule has 2 aromatic rings. The molecule has 0 radical (unpaired) electrons. The van der Waals surface area contributed by atoms with Crippen molar-refractivity contribution in [3.8, 4) is 0 Å². The molecule has 0 saturated carbocycles. The van der Waals surface area contributed by atoms with Crippen LogP contribution in [0, 0.1) is 3.57 Å². The second kappa shape index (κ2) is 7.44. The van der Waals surface area contributed by atoms with Crippen molar-refractivity contribution in [2.75, 3.05) is 0 Å². The molecular weight excluding hydrogens is 367 g/mol. The van der Waals surface area contributed by atoms with Gasteiger partial charge in [0.2, 0.25) is 0 Å². The van der Waals surface area contributed by atoms with E-state index < -0.39 is 0 Å². The predicted octanol–water partition coefficient (Wildman–Crippen LogP) is 5.74. The minimum Gasteiger partial charge on any atom is -0.0620 e. The fourth-order valence-corrected chi connectivity index (χ4v) is 3.93. The number of hydrogen-bond acceptors (Lipinski definition) is 0. The Morgan fingerprint density at radius 2 is 1.05 bits per heavy atom. The number of hydrogen-bond donors (Lipinski definition) is 0. The number of halogens is 1. The summed E-state index contributed by atoms with van der Waals surface area (Å²) in [6, 6.07) is 15.6. The van der Waals surface area contributed by atoms with Gasteiger partial charge in [0.05, 0.1) is 0 Å². The molecule has 0 nitrogen and oxygen atoms in total. The Balaban J connectivity index is 0.000000126. The highest BCUT2D eigenvalue weighted by Gasteiger charge is 2.08. The van der Waals surface area contributed by atoms with Crippen LogP contribution in [0.2, 0.25) is 0 Å². The quantitative estimate of drug-likeness (QED) is 0.504. The Bertz CT molecular complexity index is 576. The molecule has 0 fully saturated rings. The first-order chi connectivity index (χ1) is 10.3. The van der Waals surface area contributed by atoms with Crippen LogP contribution >= 0.6 is 22.6 Å². The third-order valence-electron chi connectivity index (χ3n) is 4.57. The highest BCUT2D eigenvalue weighted by molar-refractivity contribution is 14.1. The Labute approximate surface area is 142 Å². The van der Waals surface area contributed by atoms with Crippen LogP contribution in [0.5, 0.6) is 0 Å². The van der Waals surface area contributed by atoms with Crippen LogP contribution < -0.4 is 0 Å². The molecule has 0 spiro atoms. The van der Waals surface area contributed by atoms with Crippen LogP contribution in [0.15, 0.2) is 42.5 Å². The Hall–Kier alpha value is -0.830. The van der Waals surface area contributed by atoms with E-state index in [1.807, 2.05) is 0 Å². The molecule has 0 aromatic heterocycles. The summed E-state index contributed by atoms with van der Waals surface area (Å²) < 4.78 is 1.38. The van der Waals surface area contributed by atoms with Crippen molar-refractivity contribution < 1.29 is 0 Å². The number of rotatable bonds is 0. The highest BCUT2D eigenvalue weighted by atomic mass is 127. The molecule has 21 heavy (non-hydrogen) atoms. The lowest BCUT2D eigenvalue weighted by Crippen LogP contribution is -2.01. The van der Waals surface area contributed by atoms with Gasteiger partial charge in [-0.15, -0.1) is 0 Å². The van der Waals surface area contributed by atoms with Gasteiger partial charge >= 0.3 is 0 Å². The lowest BCUT2D eigenvalue weighted by Gasteiger charge is -2.14. The van der Waals surface area contributed by atoms with Crippen LogP contribution in [0.1, 0.15) is 47.9 Å². The largest absolute Gasteiger partial charge is 0.0620 e. The van der Waals surface area contributed by atoms with Gasteiger partial charge in [0.1, 0.15) is 0 Å².